The van der Waals surface area contributed by atoms with Crippen molar-refractivity contribution in [3.05, 3.63) is 29.3 Å². The Balaban J connectivity index is 2.44. The molecule has 0 fully saturated rings. The first-order valence-corrected chi connectivity index (χ1v) is 6.42. The lowest BCUT2D eigenvalue weighted by Crippen LogP contribution is -2.16. The predicted molar refractivity (Wildman–Crippen MR) is 55.1 cm³/mol. The van der Waals surface area contributed by atoms with Crippen LogP contribution in [0.2, 0.25) is 0 Å². The molecule has 0 atom stereocenters. The number of hydrogen-bond donors (Lipinski definition) is 0. The minimum atomic E-state index is -0.552. The van der Waals surface area contributed by atoms with Crippen molar-refractivity contribution >= 4 is 38.2 Å². The van der Waals surface area contributed by atoms with Gasteiger partial charge in [-0.3, -0.25) is 0 Å². The maximum Gasteiger partial charge on any atom is 0.346 e. The van der Waals surface area contributed by atoms with Crippen LogP contribution >= 0.6 is 11.6 Å². The molecule has 0 bridgehead atoms. The average Bonchev–Trinajstić information content (AvgIpc) is 2.43. The van der Waals surface area contributed by atoms with E-state index in [9.17, 15) is 9.59 Å². The fourth-order valence-corrected chi connectivity index (χ4v) is 2.90. The summed E-state index contributed by atoms with van der Waals surface area (Å²) >= 11 is 5.63. The summed E-state index contributed by atoms with van der Waals surface area (Å²) in [7, 11) is -0.513. The van der Waals surface area contributed by atoms with Crippen LogP contribution in [-0.2, 0) is 4.74 Å². The SMILES string of the molecule is O=C1OC(=O)c2cc([SiH2]CCl)ccc21. The van der Waals surface area contributed by atoms with Gasteiger partial charge in [0.2, 0.25) is 0 Å². The van der Waals surface area contributed by atoms with Gasteiger partial charge in [0.15, 0.2) is 0 Å². The standard InChI is InChI=1S/C9H7ClO3Si/c10-4-14-5-1-2-6-7(3-5)9(12)13-8(6)11/h1-3H,4,14H2. The predicted octanol–water partition coefficient (Wildman–Crippen LogP) is -0.0124. The van der Waals surface area contributed by atoms with Crippen LogP contribution in [0.3, 0.4) is 0 Å². The smallest absolute Gasteiger partial charge is 0.346 e. The first-order chi connectivity index (χ1) is 6.72. The summed E-state index contributed by atoms with van der Waals surface area (Å²) in [5.74, 6) is -1.10. The van der Waals surface area contributed by atoms with Gasteiger partial charge in [-0.05, 0) is 12.1 Å². The first-order valence-electron chi connectivity index (χ1n) is 4.18. The van der Waals surface area contributed by atoms with Crippen molar-refractivity contribution in [3.8, 4) is 0 Å². The number of esters is 2. The zero-order valence-electron chi connectivity index (χ0n) is 7.25. The molecule has 14 heavy (non-hydrogen) atoms. The van der Waals surface area contributed by atoms with E-state index < -0.39 is 21.5 Å². The molecular weight excluding hydrogens is 220 g/mol. The lowest BCUT2D eigenvalue weighted by Gasteiger charge is -1.97. The summed E-state index contributed by atoms with van der Waals surface area (Å²) in [6.45, 7) is 0. The van der Waals surface area contributed by atoms with Gasteiger partial charge in [-0.15, -0.1) is 11.6 Å². The minimum absolute atomic E-state index is 0.363. The molecular formula is C9H7ClO3Si. The molecule has 0 aliphatic carbocycles. The van der Waals surface area contributed by atoms with Crippen LogP contribution in [0, 0.1) is 0 Å². The van der Waals surface area contributed by atoms with Crippen molar-refractivity contribution in [2.75, 3.05) is 5.50 Å². The number of hydrogen-bond acceptors (Lipinski definition) is 3. The van der Waals surface area contributed by atoms with E-state index in [2.05, 4.69) is 4.74 Å². The third-order valence-electron chi connectivity index (χ3n) is 2.09. The fourth-order valence-electron chi connectivity index (χ4n) is 1.40. The number of fused-ring (bicyclic) bond motifs is 1. The van der Waals surface area contributed by atoms with Gasteiger partial charge in [-0.2, -0.15) is 0 Å². The first kappa shape index (κ1) is 9.42. The molecule has 1 aromatic carbocycles. The Bertz CT molecular complexity index is 417. The average molecular weight is 227 g/mol. The van der Waals surface area contributed by atoms with E-state index in [1.54, 1.807) is 12.1 Å². The van der Waals surface area contributed by atoms with E-state index in [0.717, 1.165) is 5.19 Å². The van der Waals surface area contributed by atoms with E-state index in [1.165, 1.54) is 0 Å². The summed E-state index contributed by atoms with van der Waals surface area (Å²) in [5.41, 5.74) is 1.37. The Morgan fingerprint density at radius 2 is 1.93 bits per heavy atom. The van der Waals surface area contributed by atoms with Crippen molar-refractivity contribution in [1.29, 1.82) is 0 Å². The van der Waals surface area contributed by atoms with Gasteiger partial charge >= 0.3 is 11.9 Å². The lowest BCUT2D eigenvalue weighted by atomic mass is 10.1. The van der Waals surface area contributed by atoms with Crippen LogP contribution in [0.1, 0.15) is 20.7 Å². The van der Waals surface area contributed by atoms with Crippen LogP contribution in [0.5, 0.6) is 0 Å². The van der Waals surface area contributed by atoms with Crippen molar-refractivity contribution in [2.45, 2.75) is 0 Å². The van der Waals surface area contributed by atoms with Crippen LogP contribution < -0.4 is 5.19 Å². The van der Waals surface area contributed by atoms with Gasteiger partial charge in [0.1, 0.15) is 0 Å². The molecule has 1 aromatic rings. The summed E-state index contributed by atoms with van der Waals surface area (Å²) in [5, 5.41) is 1.07. The number of ether oxygens (including phenoxy) is 1. The molecule has 2 rings (SSSR count). The lowest BCUT2D eigenvalue weighted by molar-refractivity contribution is 0.0444. The molecule has 3 nitrogen and oxygen atoms in total. The van der Waals surface area contributed by atoms with Crippen molar-refractivity contribution < 1.29 is 14.3 Å². The largest absolute Gasteiger partial charge is 0.386 e. The van der Waals surface area contributed by atoms with E-state index in [-0.39, 0.29) is 0 Å². The molecule has 1 aliphatic rings. The summed E-state index contributed by atoms with van der Waals surface area (Å²) in [6, 6.07) is 5.20. The van der Waals surface area contributed by atoms with Gasteiger partial charge in [0.25, 0.3) is 0 Å². The Morgan fingerprint density at radius 3 is 2.64 bits per heavy atom. The van der Waals surface area contributed by atoms with E-state index in [4.69, 9.17) is 11.6 Å². The Hall–Kier alpha value is -1.13. The molecule has 0 N–H and O–H groups in total. The maximum atomic E-state index is 11.2. The second-order valence-corrected chi connectivity index (χ2v) is 5.82. The zero-order valence-corrected chi connectivity index (χ0v) is 9.42. The quantitative estimate of drug-likeness (QED) is 0.308. The number of benzene rings is 1. The second-order valence-electron chi connectivity index (χ2n) is 3.00. The fraction of sp³-hybridized carbons (Fsp3) is 0.111. The van der Waals surface area contributed by atoms with E-state index in [1.807, 2.05) is 6.07 Å². The van der Waals surface area contributed by atoms with Gasteiger partial charge in [-0.25, -0.2) is 9.59 Å². The maximum absolute atomic E-state index is 11.2. The highest BCUT2D eigenvalue weighted by atomic mass is 35.5. The van der Waals surface area contributed by atoms with E-state index in [0.29, 0.717) is 16.6 Å². The van der Waals surface area contributed by atoms with Crippen molar-refractivity contribution in [3.63, 3.8) is 0 Å². The molecule has 1 aliphatic heterocycles. The third-order valence-corrected chi connectivity index (χ3v) is 3.87. The highest BCUT2D eigenvalue weighted by Gasteiger charge is 2.29. The highest BCUT2D eigenvalue weighted by Crippen LogP contribution is 2.17. The molecule has 0 aromatic heterocycles. The minimum Gasteiger partial charge on any atom is -0.386 e. The van der Waals surface area contributed by atoms with Crippen LogP contribution in [0.15, 0.2) is 18.2 Å². The third kappa shape index (κ3) is 1.47. The summed E-state index contributed by atoms with van der Waals surface area (Å²) in [6.07, 6.45) is 0. The normalized spacial score (nSPS) is 14.9. The Kier molecular flexibility index (Phi) is 2.39. The number of halogens is 1. The van der Waals surface area contributed by atoms with Gasteiger partial charge in [0, 0.05) is 5.50 Å². The monoisotopic (exact) mass is 226 g/mol. The second kappa shape index (κ2) is 3.55. The highest BCUT2D eigenvalue weighted by molar-refractivity contribution is 6.62. The number of alkyl halides is 1. The number of rotatable bonds is 2. The molecule has 0 radical (unpaired) electrons. The number of carbonyl (C=O) groups is 2. The topological polar surface area (TPSA) is 43.4 Å². The van der Waals surface area contributed by atoms with Crippen LogP contribution in [0.25, 0.3) is 0 Å². The summed E-state index contributed by atoms with van der Waals surface area (Å²) < 4.78 is 4.47. The van der Waals surface area contributed by atoms with Gasteiger partial charge in [-0.1, -0.05) is 11.3 Å². The number of cyclic esters (lactones) is 2. The van der Waals surface area contributed by atoms with Gasteiger partial charge in [0.05, 0.1) is 20.6 Å². The van der Waals surface area contributed by atoms with E-state index >= 15 is 0 Å². The molecule has 72 valence electrons. The molecule has 0 saturated heterocycles. The molecule has 1 heterocycles. The zero-order chi connectivity index (χ0) is 10.1. The van der Waals surface area contributed by atoms with Crippen molar-refractivity contribution in [2.24, 2.45) is 0 Å². The molecule has 0 amide bonds. The molecule has 0 spiro atoms. The number of carbonyl (C=O) groups excluding carboxylic acids is 2. The molecule has 0 unspecified atom stereocenters. The van der Waals surface area contributed by atoms with Gasteiger partial charge < -0.3 is 4.74 Å². The Labute approximate surface area is 87.8 Å². The molecule has 5 heteroatoms. The summed E-state index contributed by atoms with van der Waals surface area (Å²) in [4.78, 5) is 22.3. The van der Waals surface area contributed by atoms with Crippen LogP contribution in [0.4, 0.5) is 0 Å². The molecule has 0 saturated carbocycles. The Morgan fingerprint density at radius 1 is 1.21 bits per heavy atom. The van der Waals surface area contributed by atoms with Crippen LogP contribution in [-0.4, -0.2) is 27.0 Å². The van der Waals surface area contributed by atoms with Crippen molar-refractivity contribution in [1.82, 2.24) is 0 Å².